The maximum Gasteiger partial charge on any atom is 0.246 e. The highest BCUT2D eigenvalue weighted by atomic mass is 16.2. The van der Waals surface area contributed by atoms with Crippen LogP contribution in [0.25, 0.3) is 0 Å². The number of benzene rings is 1. The zero-order valence-electron chi connectivity index (χ0n) is 9.63. The van der Waals surface area contributed by atoms with Crippen LogP contribution in [0.15, 0.2) is 30.3 Å². The summed E-state index contributed by atoms with van der Waals surface area (Å²) in [5, 5.41) is 2.13. The Morgan fingerprint density at radius 2 is 1.72 bits per heavy atom. The Hall–Kier alpha value is -2.21. The first-order valence-electron chi connectivity index (χ1n) is 5.50. The van der Waals surface area contributed by atoms with Crippen molar-refractivity contribution >= 4 is 17.7 Å². The van der Waals surface area contributed by atoms with E-state index in [9.17, 15) is 14.4 Å². The van der Waals surface area contributed by atoms with E-state index in [0.717, 1.165) is 0 Å². The van der Waals surface area contributed by atoms with Crippen LogP contribution in [0.3, 0.4) is 0 Å². The molecule has 1 atom stereocenters. The molecule has 18 heavy (non-hydrogen) atoms. The van der Waals surface area contributed by atoms with Gasteiger partial charge in [0.1, 0.15) is 19.1 Å². The fourth-order valence-corrected chi connectivity index (χ4v) is 1.79. The molecule has 1 heterocycles. The first-order chi connectivity index (χ1) is 8.58. The molecule has 1 aliphatic rings. The molecule has 0 radical (unpaired) electrons. The molecule has 0 spiro atoms. The normalized spacial score (nSPS) is 17.3. The van der Waals surface area contributed by atoms with Crippen molar-refractivity contribution in [3.63, 3.8) is 0 Å². The zero-order chi connectivity index (χ0) is 13.1. The number of hydrogen-bond donors (Lipinski definition) is 2. The highest BCUT2D eigenvalue weighted by molar-refractivity contribution is 6.03. The standard InChI is InChI=1S/C12H13N3O3/c13-11(8-4-2-1-3-5-8)12(18)15-6-9(16)14-10(17)7-15/h1-5,11H,6-7,13H2,(H,14,16,17)/t11-/m0/s1. The van der Waals surface area contributed by atoms with E-state index in [2.05, 4.69) is 5.32 Å². The summed E-state index contributed by atoms with van der Waals surface area (Å²) in [6.07, 6.45) is 0. The maximum atomic E-state index is 12.1. The summed E-state index contributed by atoms with van der Waals surface area (Å²) in [5.74, 6) is -1.40. The molecule has 1 fully saturated rings. The van der Waals surface area contributed by atoms with Crippen molar-refractivity contribution in [2.24, 2.45) is 5.73 Å². The van der Waals surface area contributed by atoms with Gasteiger partial charge in [-0.15, -0.1) is 0 Å². The second-order valence-corrected chi connectivity index (χ2v) is 4.05. The number of rotatable bonds is 2. The van der Waals surface area contributed by atoms with Gasteiger partial charge in [0.2, 0.25) is 17.7 Å². The summed E-state index contributed by atoms with van der Waals surface area (Å²) in [6, 6.07) is 7.97. The van der Waals surface area contributed by atoms with Crippen LogP contribution in [0.2, 0.25) is 0 Å². The molecule has 6 heteroatoms. The Kier molecular flexibility index (Phi) is 3.38. The van der Waals surface area contributed by atoms with Gasteiger partial charge < -0.3 is 10.6 Å². The lowest BCUT2D eigenvalue weighted by Gasteiger charge is -2.27. The summed E-state index contributed by atoms with van der Waals surface area (Å²) in [6.45, 7) is -0.268. The quantitative estimate of drug-likeness (QED) is 0.667. The molecule has 2 rings (SSSR count). The van der Waals surface area contributed by atoms with Gasteiger partial charge in [0.25, 0.3) is 0 Å². The number of carbonyl (C=O) groups is 3. The minimum absolute atomic E-state index is 0.134. The van der Waals surface area contributed by atoms with E-state index >= 15 is 0 Å². The molecular weight excluding hydrogens is 234 g/mol. The first kappa shape index (κ1) is 12.3. The monoisotopic (exact) mass is 247 g/mol. The molecule has 0 aliphatic carbocycles. The molecule has 6 nitrogen and oxygen atoms in total. The molecule has 1 saturated heterocycles. The van der Waals surface area contributed by atoms with Crippen LogP contribution in [0.5, 0.6) is 0 Å². The van der Waals surface area contributed by atoms with Crippen molar-refractivity contribution in [2.45, 2.75) is 6.04 Å². The van der Waals surface area contributed by atoms with E-state index in [0.29, 0.717) is 5.56 Å². The number of nitrogens with zero attached hydrogens (tertiary/aromatic N) is 1. The van der Waals surface area contributed by atoms with Crippen LogP contribution >= 0.6 is 0 Å². The lowest BCUT2D eigenvalue weighted by Crippen LogP contribution is -2.55. The molecule has 1 aromatic rings. The van der Waals surface area contributed by atoms with Crippen molar-refractivity contribution in [1.82, 2.24) is 10.2 Å². The maximum absolute atomic E-state index is 12.1. The SMILES string of the molecule is N[C@H](C(=O)N1CC(=O)NC(=O)C1)c1ccccc1. The van der Waals surface area contributed by atoms with Gasteiger partial charge in [0.15, 0.2) is 0 Å². The van der Waals surface area contributed by atoms with Gasteiger partial charge in [-0.25, -0.2) is 0 Å². The third-order valence-electron chi connectivity index (χ3n) is 2.68. The molecule has 0 aromatic heterocycles. The van der Waals surface area contributed by atoms with E-state index in [1.165, 1.54) is 4.90 Å². The van der Waals surface area contributed by atoms with Crippen LogP contribution in [0, 0.1) is 0 Å². The lowest BCUT2D eigenvalue weighted by molar-refractivity contribution is -0.146. The van der Waals surface area contributed by atoms with Crippen LogP contribution in [-0.2, 0) is 14.4 Å². The van der Waals surface area contributed by atoms with Gasteiger partial charge in [-0.1, -0.05) is 30.3 Å². The number of nitrogens with two attached hydrogens (primary N) is 1. The van der Waals surface area contributed by atoms with Crippen molar-refractivity contribution in [3.8, 4) is 0 Å². The summed E-state index contributed by atoms with van der Waals surface area (Å²) in [5.41, 5.74) is 6.48. The van der Waals surface area contributed by atoms with E-state index in [4.69, 9.17) is 5.73 Å². The lowest BCUT2D eigenvalue weighted by atomic mass is 10.1. The third-order valence-corrected chi connectivity index (χ3v) is 2.68. The van der Waals surface area contributed by atoms with Gasteiger partial charge in [-0.05, 0) is 5.56 Å². The molecule has 0 bridgehead atoms. The van der Waals surface area contributed by atoms with Crippen molar-refractivity contribution in [3.05, 3.63) is 35.9 Å². The van der Waals surface area contributed by atoms with Crippen LogP contribution < -0.4 is 11.1 Å². The minimum Gasteiger partial charge on any atom is -0.322 e. The number of imide groups is 1. The van der Waals surface area contributed by atoms with Crippen molar-refractivity contribution in [2.75, 3.05) is 13.1 Å². The second kappa shape index (κ2) is 4.97. The van der Waals surface area contributed by atoms with Crippen LogP contribution in [0.4, 0.5) is 0 Å². The molecule has 1 aromatic carbocycles. The summed E-state index contributed by atoms with van der Waals surface area (Å²) < 4.78 is 0. The van der Waals surface area contributed by atoms with Gasteiger partial charge in [-0.2, -0.15) is 0 Å². The first-order valence-corrected chi connectivity index (χ1v) is 5.50. The molecule has 0 unspecified atom stereocenters. The summed E-state index contributed by atoms with van der Waals surface area (Å²) in [4.78, 5) is 35.6. The van der Waals surface area contributed by atoms with E-state index in [1.807, 2.05) is 6.07 Å². The predicted molar refractivity (Wildman–Crippen MR) is 63.1 cm³/mol. The number of carbonyl (C=O) groups excluding carboxylic acids is 3. The summed E-state index contributed by atoms with van der Waals surface area (Å²) in [7, 11) is 0. The van der Waals surface area contributed by atoms with Crippen molar-refractivity contribution in [1.29, 1.82) is 0 Å². The third kappa shape index (κ3) is 2.54. The van der Waals surface area contributed by atoms with Gasteiger partial charge in [0, 0.05) is 0 Å². The fourth-order valence-electron chi connectivity index (χ4n) is 1.79. The minimum atomic E-state index is -0.857. The average Bonchev–Trinajstić information content (AvgIpc) is 2.37. The van der Waals surface area contributed by atoms with E-state index < -0.39 is 23.8 Å². The van der Waals surface area contributed by atoms with Crippen LogP contribution in [0.1, 0.15) is 11.6 Å². The van der Waals surface area contributed by atoms with E-state index in [-0.39, 0.29) is 13.1 Å². The number of hydrogen-bond acceptors (Lipinski definition) is 4. The number of piperazine rings is 1. The van der Waals surface area contributed by atoms with Gasteiger partial charge >= 0.3 is 0 Å². The highest BCUT2D eigenvalue weighted by Crippen LogP contribution is 2.13. The Bertz CT molecular complexity index is 471. The Morgan fingerprint density at radius 3 is 2.28 bits per heavy atom. The Balaban J connectivity index is 2.11. The molecule has 0 saturated carbocycles. The predicted octanol–water partition coefficient (Wildman–Crippen LogP) is -0.829. The highest BCUT2D eigenvalue weighted by Gasteiger charge is 2.29. The molecule has 94 valence electrons. The molecule has 3 amide bonds. The van der Waals surface area contributed by atoms with Gasteiger partial charge in [-0.3, -0.25) is 19.7 Å². The number of nitrogens with one attached hydrogen (secondary N) is 1. The molecule has 1 aliphatic heterocycles. The van der Waals surface area contributed by atoms with Gasteiger partial charge in [0.05, 0.1) is 0 Å². The smallest absolute Gasteiger partial charge is 0.246 e. The zero-order valence-corrected chi connectivity index (χ0v) is 9.63. The molecular formula is C12H13N3O3. The van der Waals surface area contributed by atoms with E-state index in [1.54, 1.807) is 24.3 Å². The topological polar surface area (TPSA) is 92.5 Å². The average molecular weight is 247 g/mol. The van der Waals surface area contributed by atoms with Crippen molar-refractivity contribution < 1.29 is 14.4 Å². The number of amides is 3. The largest absolute Gasteiger partial charge is 0.322 e. The second-order valence-electron chi connectivity index (χ2n) is 4.05. The molecule has 3 N–H and O–H groups in total. The summed E-state index contributed by atoms with van der Waals surface area (Å²) >= 11 is 0. The Labute approximate surface area is 104 Å². The van der Waals surface area contributed by atoms with Crippen LogP contribution in [-0.4, -0.2) is 35.7 Å². The Morgan fingerprint density at radius 1 is 1.17 bits per heavy atom. The fraction of sp³-hybridized carbons (Fsp3) is 0.250.